The third kappa shape index (κ3) is 3.41. The number of nitrogens with zero attached hydrogens (tertiary/aromatic N) is 2. The Morgan fingerprint density at radius 3 is 2.65 bits per heavy atom. The Hall–Kier alpha value is -1.14. The number of amides is 1. The minimum absolute atomic E-state index is 0.0710. The number of esters is 1. The van der Waals surface area contributed by atoms with Crippen molar-refractivity contribution < 1.29 is 14.3 Å². The van der Waals surface area contributed by atoms with Crippen LogP contribution >= 0.6 is 0 Å². The molecule has 2 unspecified atom stereocenters. The largest absolute Gasteiger partial charge is 0.464 e. The molecule has 1 aliphatic rings. The summed E-state index contributed by atoms with van der Waals surface area (Å²) in [5.74, 6) is -0.993. The van der Waals surface area contributed by atoms with E-state index in [9.17, 15) is 9.59 Å². The molecular weight excluding hydrogens is 222 g/mol. The molecule has 0 saturated carbocycles. The average molecular weight is 243 g/mol. The fraction of sp³-hybridized carbons (Fsp3) is 0.818. The van der Waals surface area contributed by atoms with E-state index in [4.69, 9.17) is 10.5 Å². The number of hydrogen-bond acceptors (Lipinski definition) is 5. The first kappa shape index (κ1) is 13.9. The fourth-order valence-electron chi connectivity index (χ4n) is 1.98. The van der Waals surface area contributed by atoms with Gasteiger partial charge in [-0.3, -0.25) is 4.79 Å². The van der Waals surface area contributed by atoms with E-state index in [0.717, 1.165) is 13.1 Å². The number of ether oxygens (including phenoxy) is 1. The summed E-state index contributed by atoms with van der Waals surface area (Å²) in [5, 5.41) is 0. The first-order valence-electron chi connectivity index (χ1n) is 5.88. The lowest BCUT2D eigenvalue weighted by molar-refractivity contribution is -0.152. The Morgan fingerprint density at radius 2 is 2.12 bits per heavy atom. The predicted octanol–water partition coefficient (Wildman–Crippen LogP) is -0.961. The second-order valence-corrected chi connectivity index (χ2v) is 4.37. The lowest BCUT2D eigenvalue weighted by Gasteiger charge is -2.38. The van der Waals surface area contributed by atoms with E-state index in [2.05, 4.69) is 4.90 Å². The summed E-state index contributed by atoms with van der Waals surface area (Å²) < 4.78 is 4.75. The zero-order chi connectivity index (χ0) is 13.0. The Bertz CT molecular complexity index is 296. The molecular formula is C11H21N3O3. The van der Waals surface area contributed by atoms with Crippen LogP contribution < -0.4 is 5.73 Å². The van der Waals surface area contributed by atoms with Gasteiger partial charge in [0.1, 0.15) is 0 Å². The van der Waals surface area contributed by atoms with Gasteiger partial charge in [-0.15, -0.1) is 0 Å². The maximum absolute atomic E-state index is 12.0. The zero-order valence-corrected chi connectivity index (χ0v) is 10.7. The smallest absolute Gasteiger partial charge is 0.332 e. The second-order valence-electron chi connectivity index (χ2n) is 4.37. The van der Waals surface area contributed by atoms with E-state index in [1.165, 1.54) is 0 Å². The van der Waals surface area contributed by atoms with E-state index in [1.54, 1.807) is 11.8 Å². The van der Waals surface area contributed by atoms with Crippen molar-refractivity contribution in [2.45, 2.75) is 25.9 Å². The Balaban J connectivity index is 2.60. The first-order valence-corrected chi connectivity index (χ1v) is 5.88. The Labute approximate surface area is 102 Å². The Kier molecular flexibility index (Phi) is 4.89. The minimum Gasteiger partial charge on any atom is -0.464 e. The van der Waals surface area contributed by atoms with Crippen LogP contribution in [0, 0.1) is 0 Å². The van der Waals surface area contributed by atoms with Gasteiger partial charge in [0.15, 0.2) is 6.04 Å². The molecule has 6 heteroatoms. The van der Waals surface area contributed by atoms with Crippen LogP contribution in [0.5, 0.6) is 0 Å². The highest BCUT2D eigenvalue weighted by Gasteiger charge is 2.33. The van der Waals surface area contributed by atoms with E-state index in [-0.39, 0.29) is 18.6 Å². The second kappa shape index (κ2) is 5.97. The number of likely N-dealkylation sites (N-methyl/N-ethyl adjacent to an activating group) is 1. The lowest BCUT2D eigenvalue weighted by atomic mass is 10.1. The van der Waals surface area contributed by atoms with Gasteiger partial charge >= 0.3 is 5.97 Å². The molecule has 17 heavy (non-hydrogen) atoms. The van der Waals surface area contributed by atoms with Gasteiger partial charge in [-0.2, -0.15) is 0 Å². The van der Waals surface area contributed by atoms with Crippen molar-refractivity contribution >= 4 is 11.9 Å². The highest BCUT2D eigenvalue weighted by molar-refractivity contribution is 6.01. The standard InChI is InChI=1S/C11H21N3O3/c1-4-17-11(16)9(12)10(15)14-6-5-13(3)7-8(14)2/h8-9H,4-7,12H2,1-3H3. The van der Waals surface area contributed by atoms with Crippen molar-refractivity contribution in [2.24, 2.45) is 5.73 Å². The molecule has 1 fully saturated rings. The maximum Gasteiger partial charge on any atom is 0.332 e. The van der Waals surface area contributed by atoms with Gasteiger partial charge in [0.25, 0.3) is 5.91 Å². The molecule has 0 aromatic heterocycles. The molecule has 1 saturated heterocycles. The van der Waals surface area contributed by atoms with Gasteiger partial charge in [-0.1, -0.05) is 0 Å². The molecule has 0 aromatic rings. The molecule has 1 amide bonds. The quantitative estimate of drug-likeness (QED) is 0.510. The van der Waals surface area contributed by atoms with Gasteiger partial charge in [-0.25, -0.2) is 4.79 Å². The van der Waals surface area contributed by atoms with Crippen LogP contribution in [-0.2, 0) is 14.3 Å². The summed E-state index contributed by atoms with van der Waals surface area (Å²) in [5.41, 5.74) is 5.60. The summed E-state index contributed by atoms with van der Waals surface area (Å²) in [6.45, 7) is 6.06. The van der Waals surface area contributed by atoms with Gasteiger partial charge in [-0.05, 0) is 20.9 Å². The molecule has 98 valence electrons. The predicted molar refractivity (Wildman–Crippen MR) is 63.3 cm³/mol. The van der Waals surface area contributed by atoms with Crippen molar-refractivity contribution in [3.05, 3.63) is 0 Å². The fourth-order valence-corrected chi connectivity index (χ4v) is 1.98. The molecule has 1 aliphatic heterocycles. The molecule has 0 aromatic carbocycles. The number of piperazine rings is 1. The summed E-state index contributed by atoms with van der Waals surface area (Å²) in [6.07, 6.45) is 0. The third-order valence-corrected chi connectivity index (χ3v) is 2.92. The van der Waals surface area contributed by atoms with E-state index >= 15 is 0 Å². The Morgan fingerprint density at radius 1 is 1.47 bits per heavy atom. The number of nitrogens with two attached hydrogens (primary N) is 1. The minimum atomic E-state index is -1.19. The maximum atomic E-state index is 12.0. The van der Waals surface area contributed by atoms with Gasteiger partial charge in [0, 0.05) is 25.7 Å². The normalized spacial score (nSPS) is 23.3. The number of carbonyl (C=O) groups is 2. The van der Waals surface area contributed by atoms with Crippen LogP contribution in [0.25, 0.3) is 0 Å². The van der Waals surface area contributed by atoms with Crippen molar-refractivity contribution in [1.82, 2.24) is 9.80 Å². The van der Waals surface area contributed by atoms with Crippen LogP contribution in [0.15, 0.2) is 0 Å². The number of rotatable bonds is 3. The van der Waals surface area contributed by atoms with Crippen LogP contribution in [0.4, 0.5) is 0 Å². The van der Waals surface area contributed by atoms with Crippen LogP contribution in [0.1, 0.15) is 13.8 Å². The lowest BCUT2D eigenvalue weighted by Crippen LogP contribution is -2.58. The van der Waals surface area contributed by atoms with Crippen molar-refractivity contribution in [3.8, 4) is 0 Å². The number of hydrogen-bond donors (Lipinski definition) is 1. The molecule has 0 aliphatic carbocycles. The summed E-state index contributed by atoms with van der Waals surface area (Å²) in [4.78, 5) is 27.2. The van der Waals surface area contributed by atoms with Gasteiger partial charge < -0.3 is 20.3 Å². The highest BCUT2D eigenvalue weighted by atomic mass is 16.5. The molecule has 2 N–H and O–H groups in total. The molecule has 0 spiro atoms. The van der Waals surface area contributed by atoms with E-state index in [1.807, 2.05) is 14.0 Å². The molecule has 1 heterocycles. The molecule has 2 atom stereocenters. The molecule has 0 radical (unpaired) electrons. The SMILES string of the molecule is CCOC(=O)C(N)C(=O)N1CCN(C)CC1C. The topological polar surface area (TPSA) is 75.9 Å². The van der Waals surface area contributed by atoms with Crippen LogP contribution in [0.3, 0.4) is 0 Å². The zero-order valence-electron chi connectivity index (χ0n) is 10.7. The molecule has 1 rings (SSSR count). The summed E-state index contributed by atoms with van der Waals surface area (Å²) >= 11 is 0. The number of carbonyl (C=O) groups excluding carboxylic acids is 2. The van der Waals surface area contributed by atoms with Crippen molar-refractivity contribution in [2.75, 3.05) is 33.3 Å². The van der Waals surface area contributed by atoms with E-state index < -0.39 is 12.0 Å². The highest BCUT2D eigenvalue weighted by Crippen LogP contribution is 2.09. The van der Waals surface area contributed by atoms with E-state index in [0.29, 0.717) is 6.54 Å². The van der Waals surface area contributed by atoms with Gasteiger partial charge in [0.2, 0.25) is 0 Å². The van der Waals surface area contributed by atoms with Gasteiger partial charge in [0.05, 0.1) is 6.61 Å². The van der Waals surface area contributed by atoms with Crippen molar-refractivity contribution in [1.29, 1.82) is 0 Å². The first-order chi connectivity index (χ1) is 7.97. The third-order valence-electron chi connectivity index (χ3n) is 2.92. The average Bonchev–Trinajstić information content (AvgIpc) is 2.27. The van der Waals surface area contributed by atoms with Crippen molar-refractivity contribution in [3.63, 3.8) is 0 Å². The molecule has 6 nitrogen and oxygen atoms in total. The molecule has 0 bridgehead atoms. The van der Waals surface area contributed by atoms with Crippen LogP contribution in [0.2, 0.25) is 0 Å². The summed E-state index contributed by atoms with van der Waals surface area (Å²) in [6, 6.07) is -1.12. The van der Waals surface area contributed by atoms with Crippen LogP contribution in [-0.4, -0.2) is 67.0 Å². The monoisotopic (exact) mass is 243 g/mol. The summed E-state index contributed by atoms with van der Waals surface area (Å²) in [7, 11) is 2.00.